The van der Waals surface area contributed by atoms with E-state index >= 15 is 0 Å². The van der Waals surface area contributed by atoms with Gasteiger partial charge >= 0.3 is 0 Å². The molecular weight excluding hydrogens is 312 g/mol. The molecule has 2 aromatic heterocycles. The van der Waals surface area contributed by atoms with Crippen LogP contribution in [0.2, 0.25) is 0 Å². The van der Waals surface area contributed by atoms with Crippen molar-refractivity contribution >= 4 is 5.69 Å². The molecule has 4 heterocycles. The zero-order chi connectivity index (χ0) is 17.1. The Kier molecular flexibility index (Phi) is 4.68. The molecule has 2 aliphatic heterocycles. The van der Waals surface area contributed by atoms with E-state index in [4.69, 9.17) is 4.74 Å². The lowest BCUT2D eigenvalue weighted by Crippen LogP contribution is -2.47. The van der Waals surface area contributed by atoms with Gasteiger partial charge in [-0.2, -0.15) is 0 Å². The maximum atomic E-state index is 6.31. The average molecular weight is 338 g/mol. The SMILES string of the molecule is Cc1cccc(CN2CCC[C@]3(C[C@H](Nc4cccnc4)CO3)C2)n1. The molecule has 0 aromatic carbocycles. The van der Waals surface area contributed by atoms with Crippen LogP contribution in [0, 0.1) is 6.92 Å². The van der Waals surface area contributed by atoms with E-state index in [1.807, 2.05) is 12.3 Å². The van der Waals surface area contributed by atoms with Crippen molar-refractivity contribution in [3.63, 3.8) is 0 Å². The molecule has 2 saturated heterocycles. The lowest BCUT2D eigenvalue weighted by Gasteiger charge is -2.39. The molecule has 2 aromatic rings. The van der Waals surface area contributed by atoms with Crippen LogP contribution in [0.3, 0.4) is 0 Å². The predicted molar refractivity (Wildman–Crippen MR) is 98.4 cm³/mol. The number of aryl methyl sites for hydroxylation is 1. The summed E-state index contributed by atoms with van der Waals surface area (Å²) in [5.41, 5.74) is 3.30. The van der Waals surface area contributed by atoms with E-state index < -0.39 is 0 Å². The molecule has 5 nitrogen and oxygen atoms in total. The highest BCUT2D eigenvalue weighted by Gasteiger charge is 2.43. The van der Waals surface area contributed by atoms with Crippen LogP contribution in [-0.4, -0.2) is 46.2 Å². The summed E-state index contributed by atoms with van der Waals surface area (Å²) in [6.07, 6.45) is 7.07. The topological polar surface area (TPSA) is 50.3 Å². The van der Waals surface area contributed by atoms with Gasteiger partial charge in [0.1, 0.15) is 0 Å². The molecule has 25 heavy (non-hydrogen) atoms. The van der Waals surface area contributed by atoms with Crippen LogP contribution in [0.1, 0.15) is 30.7 Å². The molecule has 0 amide bonds. The van der Waals surface area contributed by atoms with Crippen molar-refractivity contribution in [3.8, 4) is 0 Å². The minimum absolute atomic E-state index is 0.0120. The Labute approximate surface area is 149 Å². The first kappa shape index (κ1) is 16.5. The number of piperidine rings is 1. The molecule has 0 unspecified atom stereocenters. The number of nitrogens with zero attached hydrogens (tertiary/aromatic N) is 3. The summed E-state index contributed by atoms with van der Waals surface area (Å²) in [6, 6.07) is 10.7. The van der Waals surface area contributed by atoms with Gasteiger partial charge in [-0.15, -0.1) is 0 Å². The van der Waals surface area contributed by atoms with Crippen molar-refractivity contribution in [2.75, 3.05) is 25.0 Å². The van der Waals surface area contributed by atoms with Crippen LogP contribution >= 0.6 is 0 Å². The summed E-state index contributed by atoms with van der Waals surface area (Å²) >= 11 is 0. The number of hydrogen-bond acceptors (Lipinski definition) is 5. The molecule has 2 fully saturated rings. The van der Waals surface area contributed by atoms with Gasteiger partial charge in [0.05, 0.1) is 29.6 Å². The van der Waals surface area contributed by atoms with Crippen LogP contribution in [0.25, 0.3) is 0 Å². The van der Waals surface area contributed by atoms with Crippen LogP contribution in [-0.2, 0) is 11.3 Å². The van der Waals surface area contributed by atoms with Gasteiger partial charge in [0, 0.05) is 31.2 Å². The fraction of sp³-hybridized carbons (Fsp3) is 0.500. The second-order valence-corrected chi connectivity index (χ2v) is 7.37. The van der Waals surface area contributed by atoms with Gasteiger partial charge in [-0.05, 0) is 57.0 Å². The van der Waals surface area contributed by atoms with E-state index in [1.165, 1.54) is 6.42 Å². The standard InChI is InChI=1S/C20H26N4O/c1-16-5-2-6-18(22-16)13-24-10-4-8-20(15-24)11-19(14-25-20)23-17-7-3-9-21-12-17/h2-3,5-7,9,12,19,23H,4,8,10-11,13-15H2,1H3/t19-,20-/m0/s1. The van der Waals surface area contributed by atoms with Crippen molar-refractivity contribution in [2.45, 2.75) is 44.4 Å². The number of rotatable bonds is 4. The number of pyridine rings is 2. The Balaban J connectivity index is 1.37. The molecule has 5 heteroatoms. The van der Waals surface area contributed by atoms with Crippen molar-refractivity contribution in [2.24, 2.45) is 0 Å². The van der Waals surface area contributed by atoms with Gasteiger partial charge in [-0.3, -0.25) is 14.9 Å². The third kappa shape index (κ3) is 3.99. The first-order valence-electron chi connectivity index (χ1n) is 9.16. The van der Waals surface area contributed by atoms with Gasteiger partial charge in [0.15, 0.2) is 0 Å². The zero-order valence-corrected chi connectivity index (χ0v) is 14.8. The number of hydrogen-bond donors (Lipinski definition) is 1. The maximum absolute atomic E-state index is 6.31. The van der Waals surface area contributed by atoms with E-state index in [0.717, 1.165) is 56.2 Å². The Hall–Kier alpha value is -1.98. The van der Waals surface area contributed by atoms with Gasteiger partial charge in [-0.25, -0.2) is 0 Å². The average Bonchev–Trinajstić information content (AvgIpc) is 2.97. The van der Waals surface area contributed by atoms with Crippen molar-refractivity contribution in [1.82, 2.24) is 14.9 Å². The zero-order valence-electron chi connectivity index (χ0n) is 14.8. The first-order valence-corrected chi connectivity index (χ1v) is 9.16. The second kappa shape index (κ2) is 7.10. The van der Waals surface area contributed by atoms with Gasteiger partial charge in [-0.1, -0.05) is 6.07 Å². The molecule has 0 aliphatic carbocycles. The summed E-state index contributed by atoms with van der Waals surface area (Å²) in [7, 11) is 0. The third-order valence-corrected chi connectivity index (χ3v) is 5.19. The molecule has 0 bridgehead atoms. The molecule has 4 rings (SSSR count). The van der Waals surface area contributed by atoms with Crippen molar-refractivity contribution in [1.29, 1.82) is 0 Å². The highest BCUT2D eigenvalue weighted by molar-refractivity contribution is 5.41. The van der Waals surface area contributed by atoms with E-state index in [9.17, 15) is 0 Å². The lowest BCUT2D eigenvalue weighted by molar-refractivity contribution is -0.0535. The highest BCUT2D eigenvalue weighted by Crippen LogP contribution is 2.36. The summed E-state index contributed by atoms with van der Waals surface area (Å²) in [4.78, 5) is 11.3. The number of aromatic nitrogens is 2. The van der Waals surface area contributed by atoms with Crippen molar-refractivity contribution < 1.29 is 4.74 Å². The normalized spacial score (nSPS) is 26.8. The molecule has 2 atom stereocenters. The van der Waals surface area contributed by atoms with Crippen LogP contribution in [0.5, 0.6) is 0 Å². The number of nitrogens with one attached hydrogen (secondary N) is 1. The van der Waals surface area contributed by atoms with E-state index in [2.05, 4.69) is 51.4 Å². The van der Waals surface area contributed by atoms with Crippen molar-refractivity contribution in [3.05, 3.63) is 54.1 Å². The maximum Gasteiger partial charge on any atom is 0.0830 e. The van der Waals surface area contributed by atoms with Gasteiger partial charge in [0.2, 0.25) is 0 Å². The first-order chi connectivity index (χ1) is 12.2. The molecule has 0 radical (unpaired) electrons. The summed E-state index contributed by atoms with van der Waals surface area (Å²) in [5, 5.41) is 3.57. The summed E-state index contributed by atoms with van der Waals surface area (Å²) in [5.74, 6) is 0. The summed E-state index contributed by atoms with van der Waals surface area (Å²) < 4.78 is 6.31. The third-order valence-electron chi connectivity index (χ3n) is 5.19. The number of ether oxygens (including phenoxy) is 1. The molecule has 1 spiro atoms. The highest BCUT2D eigenvalue weighted by atomic mass is 16.5. The molecule has 1 N–H and O–H groups in total. The smallest absolute Gasteiger partial charge is 0.0830 e. The minimum Gasteiger partial charge on any atom is -0.379 e. The lowest BCUT2D eigenvalue weighted by atomic mass is 9.88. The minimum atomic E-state index is -0.0120. The Morgan fingerprint density at radius 1 is 1.32 bits per heavy atom. The van der Waals surface area contributed by atoms with E-state index in [-0.39, 0.29) is 5.60 Å². The van der Waals surface area contributed by atoms with E-state index in [0.29, 0.717) is 6.04 Å². The Morgan fingerprint density at radius 2 is 2.28 bits per heavy atom. The molecule has 2 aliphatic rings. The van der Waals surface area contributed by atoms with Crippen LogP contribution < -0.4 is 5.32 Å². The number of likely N-dealkylation sites (tertiary alicyclic amines) is 1. The van der Waals surface area contributed by atoms with Crippen LogP contribution in [0.15, 0.2) is 42.7 Å². The van der Waals surface area contributed by atoms with Gasteiger partial charge in [0.25, 0.3) is 0 Å². The Bertz CT molecular complexity index is 708. The van der Waals surface area contributed by atoms with Crippen LogP contribution in [0.4, 0.5) is 5.69 Å². The molecule has 0 saturated carbocycles. The molecule has 132 valence electrons. The molecular formula is C20H26N4O. The fourth-order valence-corrected chi connectivity index (χ4v) is 4.15. The quantitative estimate of drug-likeness (QED) is 0.929. The van der Waals surface area contributed by atoms with E-state index in [1.54, 1.807) is 6.20 Å². The predicted octanol–water partition coefficient (Wildman–Crippen LogP) is 3.02. The largest absolute Gasteiger partial charge is 0.379 e. The monoisotopic (exact) mass is 338 g/mol. The Morgan fingerprint density at radius 3 is 3.12 bits per heavy atom. The number of anilines is 1. The van der Waals surface area contributed by atoms with Gasteiger partial charge < -0.3 is 10.1 Å². The summed E-state index contributed by atoms with van der Waals surface area (Å²) in [6.45, 7) is 5.85. The fourth-order valence-electron chi connectivity index (χ4n) is 4.15. The second-order valence-electron chi connectivity index (χ2n) is 7.37.